The van der Waals surface area contributed by atoms with Gasteiger partial charge in [-0.3, -0.25) is 9.20 Å². The van der Waals surface area contributed by atoms with Gasteiger partial charge in [0.05, 0.1) is 0 Å². The van der Waals surface area contributed by atoms with E-state index < -0.39 is 0 Å². The summed E-state index contributed by atoms with van der Waals surface area (Å²) < 4.78 is 6.59. The highest BCUT2D eigenvalue weighted by Gasteiger charge is 2.16. The summed E-state index contributed by atoms with van der Waals surface area (Å²) in [5.74, 6) is -0.227. The standard InChI is InChI=1S/C12H14ClN3O2/c1-18-8-4-6-14-12(17)10-11(13)15-9-5-2-3-7-16(9)10/h2-3,5,7H,4,6,8H2,1H3,(H,14,17). The molecule has 0 bridgehead atoms. The number of carbonyl (C=O) groups excluding carboxylic acids is 1. The van der Waals surface area contributed by atoms with Gasteiger partial charge in [0.1, 0.15) is 5.65 Å². The number of nitrogens with zero attached hydrogens (tertiary/aromatic N) is 2. The lowest BCUT2D eigenvalue weighted by Gasteiger charge is -2.04. The summed E-state index contributed by atoms with van der Waals surface area (Å²) in [6.45, 7) is 1.16. The Morgan fingerprint density at radius 2 is 2.39 bits per heavy atom. The smallest absolute Gasteiger partial charge is 0.271 e. The number of hydrogen-bond donors (Lipinski definition) is 1. The van der Waals surface area contributed by atoms with Gasteiger partial charge in [-0.05, 0) is 18.6 Å². The fraction of sp³-hybridized carbons (Fsp3) is 0.333. The van der Waals surface area contributed by atoms with Gasteiger partial charge in [0.15, 0.2) is 10.8 Å². The third kappa shape index (κ3) is 2.63. The molecule has 0 atom stereocenters. The first-order valence-corrected chi connectivity index (χ1v) is 6.01. The maximum Gasteiger partial charge on any atom is 0.271 e. The molecule has 2 heterocycles. The van der Waals surface area contributed by atoms with Crippen molar-refractivity contribution in [2.45, 2.75) is 6.42 Å². The minimum Gasteiger partial charge on any atom is -0.385 e. The molecule has 1 N–H and O–H groups in total. The van der Waals surface area contributed by atoms with Crippen molar-refractivity contribution >= 4 is 23.2 Å². The van der Waals surface area contributed by atoms with E-state index in [4.69, 9.17) is 16.3 Å². The number of imidazole rings is 1. The molecule has 5 nitrogen and oxygen atoms in total. The van der Waals surface area contributed by atoms with Crippen molar-refractivity contribution in [1.82, 2.24) is 14.7 Å². The molecule has 0 aliphatic carbocycles. The lowest BCUT2D eigenvalue weighted by Crippen LogP contribution is -2.26. The number of carbonyl (C=O) groups is 1. The monoisotopic (exact) mass is 267 g/mol. The summed E-state index contributed by atoms with van der Waals surface area (Å²) in [7, 11) is 1.63. The second kappa shape index (κ2) is 5.84. The van der Waals surface area contributed by atoms with Gasteiger partial charge in [-0.1, -0.05) is 17.7 Å². The predicted molar refractivity (Wildman–Crippen MR) is 69.0 cm³/mol. The number of ether oxygens (including phenoxy) is 1. The summed E-state index contributed by atoms with van der Waals surface area (Å²) >= 11 is 5.99. The van der Waals surface area contributed by atoms with Crippen molar-refractivity contribution in [3.63, 3.8) is 0 Å². The van der Waals surface area contributed by atoms with E-state index >= 15 is 0 Å². The van der Waals surface area contributed by atoms with Crippen LogP contribution in [0.2, 0.25) is 5.15 Å². The number of fused-ring (bicyclic) bond motifs is 1. The lowest BCUT2D eigenvalue weighted by molar-refractivity contribution is 0.0943. The van der Waals surface area contributed by atoms with E-state index in [1.165, 1.54) is 0 Å². The highest BCUT2D eigenvalue weighted by molar-refractivity contribution is 6.32. The topological polar surface area (TPSA) is 55.6 Å². The Balaban J connectivity index is 2.14. The van der Waals surface area contributed by atoms with Crippen LogP contribution in [-0.4, -0.2) is 35.6 Å². The van der Waals surface area contributed by atoms with Gasteiger partial charge in [-0.2, -0.15) is 0 Å². The summed E-state index contributed by atoms with van der Waals surface area (Å²) in [5, 5.41) is 3.00. The highest BCUT2D eigenvalue weighted by atomic mass is 35.5. The Labute approximate surface area is 110 Å². The first-order valence-electron chi connectivity index (χ1n) is 5.63. The second-order valence-electron chi connectivity index (χ2n) is 3.78. The number of rotatable bonds is 5. The van der Waals surface area contributed by atoms with Gasteiger partial charge in [0.2, 0.25) is 0 Å². The summed E-state index contributed by atoms with van der Waals surface area (Å²) in [5.41, 5.74) is 1.02. The molecule has 0 saturated carbocycles. The molecule has 2 aromatic heterocycles. The second-order valence-corrected chi connectivity index (χ2v) is 4.14. The number of pyridine rings is 1. The van der Waals surface area contributed by atoms with E-state index in [0.717, 1.165) is 6.42 Å². The zero-order chi connectivity index (χ0) is 13.0. The first-order chi connectivity index (χ1) is 8.74. The normalized spacial score (nSPS) is 10.8. The van der Waals surface area contributed by atoms with Crippen molar-refractivity contribution in [2.24, 2.45) is 0 Å². The zero-order valence-corrected chi connectivity index (χ0v) is 10.8. The van der Waals surface area contributed by atoms with Gasteiger partial charge >= 0.3 is 0 Å². The Kier molecular flexibility index (Phi) is 4.17. The largest absolute Gasteiger partial charge is 0.385 e. The molecule has 0 fully saturated rings. The van der Waals surface area contributed by atoms with Crippen LogP contribution in [0.3, 0.4) is 0 Å². The molecule has 18 heavy (non-hydrogen) atoms. The maximum absolute atomic E-state index is 12.0. The van der Waals surface area contributed by atoms with Gasteiger partial charge in [-0.25, -0.2) is 4.98 Å². The summed E-state index contributed by atoms with van der Waals surface area (Å²) in [6, 6.07) is 5.47. The van der Waals surface area contributed by atoms with Gasteiger partial charge in [-0.15, -0.1) is 0 Å². The highest BCUT2D eigenvalue weighted by Crippen LogP contribution is 2.17. The van der Waals surface area contributed by atoms with Crippen LogP contribution in [0.1, 0.15) is 16.9 Å². The van der Waals surface area contributed by atoms with Gasteiger partial charge in [0, 0.05) is 26.5 Å². The molecule has 0 aromatic carbocycles. The number of methoxy groups -OCH3 is 1. The van der Waals surface area contributed by atoms with Crippen molar-refractivity contribution in [1.29, 1.82) is 0 Å². The number of aromatic nitrogens is 2. The van der Waals surface area contributed by atoms with E-state index in [0.29, 0.717) is 24.5 Å². The van der Waals surface area contributed by atoms with Crippen molar-refractivity contribution in [2.75, 3.05) is 20.3 Å². The number of hydrogen-bond acceptors (Lipinski definition) is 3. The molecule has 0 aliphatic rings. The van der Waals surface area contributed by atoms with Crippen LogP contribution < -0.4 is 5.32 Å². The quantitative estimate of drug-likeness (QED) is 0.840. The fourth-order valence-corrected chi connectivity index (χ4v) is 1.94. The molecule has 6 heteroatoms. The van der Waals surface area contributed by atoms with E-state index in [1.54, 1.807) is 23.8 Å². The van der Waals surface area contributed by atoms with Crippen LogP contribution in [-0.2, 0) is 4.74 Å². The van der Waals surface area contributed by atoms with E-state index in [-0.39, 0.29) is 11.1 Å². The molecule has 2 aromatic rings. The summed E-state index contributed by atoms with van der Waals surface area (Å²) in [6.07, 6.45) is 2.52. The number of nitrogens with one attached hydrogen (secondary N) is 1. The average Bonchev–Trinajstić information content (AvgIpc) is 2.70. The zero-order valence-electron chi connectivity index (χ0n) is 10.0. The van der Waals surface area contributed by atoms with E-state index in [9.17, 15) is 4.79 Å². The molecule has 0 saturated heterocycles. The van der Waals surface area contributed by atoms with Crippen LogP contribution in [0.4, 0.5) is 0 Å². The van der Waals surface area contributed by atoms with Crippen molar-refractivity contribution < 1.29 is 9.53 Å². The van der Waals surface area contributed by atoms with Gasteiger partial charge < -0.3 is 10.1 Å². The van der Waals surface area contributed by atoms with E-state index in [1.807, 2.05) is 12.1 Å². The fourth-order valence-electron chi connectivity index (χ4n) is 1.67. The minimum absolute atomic E-state index is 0.213. The molecule has 0 spiro atoms. The molecule has 96 valence electrons. The molecule has 0 aliphatic heterocycles. The Hall–Kier alpha value is -1.59. The van der Waals surface area contributed by atoms with Crippen LogP contribution >= 0.6 is 11.6 Å². The SMILES string of the molecule is COCCCNC(=O)c1c(Cl)nc2ccccn12. The van der Waals surface area contributed by atoms with Crippen LogP contribution in [0.5, 0.6) is 0 Å². The Morgan fingerprint density at radius 3 is 3.17 bits per heavy atom. The maximum atomic E-state index is 12.0. The van der Waals surface area contributed by atoms with E-state index in [2.05, 4.69) is 10.3 Å². The van der Waals surface area contributed by atoms with Crippen LogP contribution in [0, 0.1) is 0 Å². The van der Waals surface area contributed by atoms with Crippen molar-refractivity contribution in [3.05, 3.63) is 35.2 Å². The minimum atomic E-state index is -0.227. The number of halogens is 1. The third-order valence-electron chi connectivity index (χ3n) is 2.51. The predicted octanol–water partition coefficient (Wildman–Crippen LogP) is 1.75. The molecular weight excluding hydrogens is 254 g/mol. The molecule has 2 rings (SSSR count). The van der Waals surface area contributed by atoms with Crippen molar-refractivity contribution in [3.8, 4) is 0 Å². The molecular formula is C12H14ClN3O2. The van der Waals surface area contributed by atoms with Crippen LogP contribution in [0.15, 0.2) is 24.4 Å². The molecule has 0 unspecified atom stereocenters. The van der Waals surface area contributed by atoms with Crippen LogP contribution in [0.25, 0.3) is 5.65 Å². The third-order valence-corrected chi connectivity index (χ3v) is 2.78. The Bertz CT molecular complexity index is 553. The Morgan fingerprint density at radius 1 is 1.56 bits per heavy atom. The summed E-state index contributed by atoms with van der Waals surface area (Å²) in [4.78, 5) is 16.1. The first kappa shape index (κ1) is 12.9. The molecule has 1 amide bonds. The lowest BCUT2D eigenvalue weighted by atomic mass is 10.4. The number of amides is 1. The molecule has 0 radical (unpaired) electrons. The average molecular weight is 268 g/mol. The van der Waals surface area contributed by atoms with Gasteiger partial charge in [0.25, 0.3) is 5.91 Å².